The first-order valence-corrected chi connectivity index (χ1v) is 5.42. The summed E-state index contributed by atoms with van der Waals surface area (Å²) in [5.41, 5.74) is 1.69. The van der Waals surface area contributed by atoms with Crippen molar-refractivity contribution in [1.29, 1.82) is 0 Å². The van der Waals surface area contributed by atoms with Crippen molar-refractivity contribution in [2.24, 2.45) is 4.99 Å². The van der Waals surface area contributed by atoms with E-state index in [1.807, 2.05) is 13.0 Å². The first kappa shape index (κ1) is 10.4. The molecule has 1 aromatic rings. The number of rotatable bonds is 2. The van der Waals surface area contributed by atoms with Crippen molar-refractivity contribution in [2.75, 3.05) is 6.54 Å². The largest absolute Gasteiger partial charge is 0.472 e. The molecule has 0 bridgehead atoms. The Kier molecular flexibility index (Phi) is 2.91. The molecule has 80 valence electrons. The Hall–Kier alpha value is -1.09. The molecule has 0 spiro atoms. The van der Waals surface area contributed by atoms with E-state index in [1.54, 1.807) is 6.20 Å². The number of pyridine rings is 1. The molecule has 0 aliphatic carbocycles. The summed E-state index contributed by atoms with van der Waals surface area (Å²) in [5.74, 6) is 0.663. The Bertz CT molecular complexity index is 404. The Balaban J connectivity index is 2.21. The van der Waals surface area contributed by atoms with Gasteiger partial charge in [-0.3, -0.25) is 4.98 Å². The third-order valence-corrected chi connectivity index (χ3v) is 2.83. The smallest absolute Gasteiger partial charge is 0.218 e. The molecule has 4 heteroatoms. The van der Waals surface area contributed by atoms with Crippen LogP contribution in [0.3, 0.4) is 0 Å². The van der Waals surface area contributed by atoms with Gasteiger partial charge in [0.25, 0.3) is 0 Å². The summed E-state index contributed by atoms with van der Waals surface area (Å²) < 4.78 is 5.64. The van der Waals surface area contributed by atoms with Crippen molar-refractivity contribution in [3.05, 3.63) is 28.5 Å². The second kappa shape index (κ2) is 4.19. The number of aliphatic imine (C=N–C) groups is 1. The van der Waals surface area contributed by atoms with Crippen LogP contribution in [0.25, 0.3) is 0 Å². The summed E-state index contributed by atoms with van der Waals surface area (Å²) >= 11 is 5.99. The highest BCUT2D eigenvalue weighted by Crippen LogP contribution is 2.18. The maximum absolute atomic E-state index is 5.99. The zero-order valence-corrected chi connectivity index (χ0v) is 9.58. The van der Waals surface area contributed by atoms with Crippen molar-refractivity contribution >= 4 is 17.5 Å². The second-order valence-electron chi connectivity index (χ2n) is 3.59. The van der Waals surface area contributed by atoms with Crippen LogP contribution in [0, 0.1) is 6.92 Å². The van der Waals surface area contributed by atoms with Gasteiger partial charge < -0.3 is 4.74 Å². The van der Waals surface area contributed by atoms with E-state index in [4.69, 9.17) is 16.3 Å². The molecular weight excluding hydrogens is 212 g/mol. The first-order chi connectivity index (χ1) is 7.20. The van der Waals surface area contributed by atoms with Gasteiger partial charge in [-0.05, 0) is 19.4 Å². The lowest BCUT2D eigenvalue weighted by Gasteiger charge is -2.08. The van der Waals surface area contributed by atoms with Gasteiger partial charge in [0, 0.05) is 6.20 Å². The molecule has 0 aromatic carbocycles. The number of hydrogen-bond acceptors (Lipinski definition) is 3. The highest BCUT2D eigenvalue weighted by atomic mass is 35.5. The lowest BCUT2D eigenvalue weighted by atomic mass is 10.2. The van der Waals surface area contributed by atoms with Crippen molar-refractivity contribution in [2.45, 2.75) is 26.4 Å². The van der Waals surface area contributed by atoms with Gasteiger partial charge >= 0.3 is 0 Å². The molecule has 2 rings (SSSR count). The number of halogens is 1. The molecule has 0 radical (unpaired) electrons. The van der Waals surface area contributed by atoms with Crippen LogP contribution in [0.2, 0.25) is 5.02 Å². The highest BCUT2D eigenvalue weighted by Gasteiger charge is 2.19. The lowest BCUT2D eigenvalue weighted by Crippen LogP contribution is -2.12. The molecule has 0 saturated carbocycles. The van der Waals surface area contributed by atoms with Crippen LogP contribution in [0.5, 0.6) is 0 Å². The van der Waals surface area contributed by atoms with E-state index in [9.17, 15) is 0 Å². The number of hydrogen-bond donors (Lipinski definition) is 0. The predicted octanol–water partition coefficient (Wildman–Crippen LogP) is 2.60. The number of aryl methyl sites for hydroxylation is 1. The third kappa shape index (κ3) is 2.12. The number of aromatic nitrogens is 1. The van der Waals surface area contributed by atoms with Gasteiger partial charge in [0.15, 0.2) is 0 Å². The van der Waals surface area contributed by atoms with Crippen molar-refractivity contribution in [3.63, 3.8) is 0 Å². The fourth-order valence-electron chi connectivity index (χ4n) is 1.41. The summed E-state index contributed by atoms with van der Waals surface area (Å²) in [4.78, 5) is 8.51. The van der Waals surface area contributed by atoms with Crippen molar-refractivity contribution < 1.29 is 4.74 Å². The maximum Gasteiger partial charge on any atom is 0.218 e. The van der Waals surface area contributed by atoms with Crippen LogP contribution < -0.4 is 0 Å². The zero-order valence-electron chi connectivity index (χ0n) is 8.83. The summed E-state index contributed by atoms with van der Waals surface area (Å²) in [6.45, 7) is 4.69. The third-order valence-electron chi connectivity index (χ3n) is 2.44. The molecule has 2 heterocycles. The number of ether oxygens (including phenoxy) is 1. The topological polar surface area (TPSA) is 34.5 Å². The molecule has 1 aromatic heterocycles. The van der Waals surface area contributed by atoms with Crippen LogP contribution in [0.4, 0.5) is 0 Å². The molecule has 1 aliphatic rings. The van der Waals surface area contributed by atoms with Crippen LogP contribution in [0.15, 0.2) is 17.3 Å². The summed E-state index contributed by atoms with van der Waals surface area (Å²) in [5, 5.41) is 0.652. The molecular formula is C11H13ClN2O. The van der Waals surface area contributed by atoms with Gasteiger partial charge in [-0.25, -0.2) is 4.99 Å². The molecule has 1 unspecified atom stereocenters. The van der Waals surface area contributed by atoms with E-state index in [0.717, 1.165) is 24.2 Å². The standard InChI is InChI=1S/C11H13ClN2O/c1-3-9-6-14-11(15-9)8-4-10(12)7(2)13-5-8/h4-5,9H,3,6H2,1-2H3. The van der Waals surface area contributed by atoms with Gasteiger partial charge in [-0.15, -0.1) is 0 Å². The Labute approximate surface area is 94.1 Å². The van der Waals surface area contributed by atoms with E-state index in [0.29, 0.717) is 10.9 Å². The molecule has 0 saturated heterocycles. The lowest BCUT2D eigenvalue weighted by molar-refractivity contribution is 0.220. The molecule has 3 nitrogen and oxygen atoms in total. The maximum atomic E-state index is 5.99. The monoisotopic (exact) mass is 224 g/mol. The fraction of sp³-hybridized carbons (Fsp3) is 0.455. The Morgan fingerprint density at radius 3 is 3.00 bits per heavy atom. The van der Waals surface area contributed by atoms with Gasteiger partial charge in [0.05, 0.1) is 22.8 Å². The van der Waals surface area contributed by atoms with Gasteiger partial charge in [0.2, 0.25) is 5.90 Å². The van der Waals surface area contributed by atoms with Crippen LogP contribution in [-0.2, 0) is 4.74 Å². The van der Waals surface area contributed by atoms with Gasteiger partial charge in [0.1, 0.15) is 6.10 Å². The second-order valence-corrected chi connectivity index (χ2v) is 3.99. The minimum Gasteiger partial charge on any atom is -0.472 e. The quantitative estimate of drug-likeness (QED) is 0.774. The SMILES string of the molecule is CCC1CN=C(c2cnc(C)c(Cl)c2)O1. The highest BCUT2D eigenvalue weighted by molar-refractivity contribution is 6.31. The first-order valence-electron chi connectivity index (χ1n) is 5.04. The summed E-state index contributed by atoms with van der Waals surface area (Å²) in [7, 11) is 0. The zero-order chi connectivity index (χ0) is 10.8. The van der Waals surface area contributed by atoms with E-state index in [1.165, 1.54) is 0 Å². The Morgan fingerprint density at radius 2 is 2.40 bits per heavy atom. The normalized spacial score (nSPS) is 19.9. The summed E-state index contributed by atoms with van der Waals surface area (Å²) in [6.07, 6.45) is 2.93. The molecule has 15 heavy (non-hydrogen) atoms. The average Bonchev–Trinajstić information content (AvgIpc) is 2.70. The predicted molar refractivity (Wildman–Crippen MR) is 60.6 cm³/mol. The van der Waals surface area contributed by atoms with E-state index < -0.39 is 0 Å². The van der Waals surface area contributed by atoms with Gasteiger partial charge in [-0.2, -0.15) is 0 Å². The molecule has 1 atom stereocenters. The molecule has 0 fully saturated rings. The Morgan fingerprint density at radius 1 is 1.60 bits per heavy atom. The molecule has 0 N–H and O–H groups in total. The van der Waals surface area contributed by atoms with E-state index in [-0.39, 0.29) is 6.10 Å². The van der Waals surface area contributed by atoms with E-state index >= 15 is 0 Å². The molecule has 1 aliphatic heterocycles. The van der Waals surface area contributed by atoms with Crippen LogP contribution in [-0.4, -0.2) is 23.5 Å². The molecule has 0 amide bonds. The van der Waals surface area contributed by atoms with Gasteiger partial charge in [-0.1, -0.05) is 18.5 Å². The number of nitrogens with zero attached hydrogens (tertiary/aromatic N) is 2. The average molecular weight is 225 g/mol. The van der Waals surface area contributed by atoms with Crippen LogP contribution in [0.1, 0.15) is 24.6 Å². The van der Waals surface area contributed by atoms with E-state index in [2.05, 4.69) is 16.9 Å². The van der Waals surface area contributed by atoms with Crippen molar-refractivity contribution in [3.8, 4) is 0 Å². The fourth-order valence-corrected chi connectivity index (χ4v) is 1.58. The van der Waals surface area contributed by atoms with Crippen molar-refractivity contribution in [1.82, 2.24) is 4.98 Å². The minimum absolute atomic E-state index is 0.208. The summed E-state index contributed by atoms with van der Waals surface area (Å²) in [6, 6.07) is 1.85. The minimum atomic E-state index is 0.208. The van der Waals surface area contributed by atoms with Crippen LogP contribution >= 0.6 is 11.6 Å².